The van der Waals surface area contributed by atoms with Gasteiger partial charge in [-0.15, -0.1) is 5.10 Å². The fraction of sp³-hybridized carbons (Fsp3) is 0.286. The molecule has 0 unspecified atom stereocenters. The second-order valence-electron chi connectivity index (χ2n) is 6.73. The van der Waals surface area contributed by atoms with Crippen molar-refractivity contribution in [1.29, 1.82) is 0 Å². The SMILES string of the molecule is COc1ccc(-c2nc(OC)nn2-c2ccc(NC(=O)C3CCC3)cc2)cc1. The molecule has 0 aliphatic heterocycles. The van der Waals surface area contributed by atoms with Crippen molar-refractivity contribution in [3.63, 3.8) is 0 Å². The number of benzene rings is 2. The van der Waals surface area contributed by atoms with Gasteiger partial charge in [0.2, 0.25) is 5.91 Å². The summed E-state index contributed by atoms with van der Waals surface area (Å²) < 4.78 is 12.2. The van der Waals surface area contributed by atoms with E-state index in [-0.39, 0.29) is 17.8 Å². The zero-order valence-corrected chi connectivity index (χ0v) is 15.9. The molecule has 0 saturated heterocycles. The van der Waals surface area contributed by atoms with Gasteiger partial charge in [0, 0.05) is 17.2 Å². The first-order valence-corrected chi connectivity index (χ1v) is 9.24. The summed E-state index contributed by atoms with van der Waals surface area (Å²) in [5, 5.41) is 7.40. The Morgan fingerprint density at radius 3 is 2.32 bits per heavy atom. The van der Waals surface area contributed by atoms with Crippen molar-refractivity contribution in [3.8, 4) is 28.8 Å². The van der Waals surface area contributed by atoms with Crippen LogP contribution < -0.4 is 14.8 Å². The Morgan fingerprint density at radius 2 is 1.75 bits per heavy atom. The molecule has 1 N–H and O–H groups in total. The Kier molecular flexibility index (Phi) is 4.97. The van der Waals surface area contributed by atoms with Crippen molar-refractivity contribution >= 4 is 11.6 Å². The van der Waals surface area contributed by atoms with E-state index in [1.165, 1.54) is 7.11 Å². The highest BCUT2D eigenvalue weighted by Crippen LogP contribution is 2.28. The molecule has 7 nitrogen and oxygen atoms in total. The van der Waals surface area contributed by atoms with E-state index in [0.717, 1.165) is 42.0 Å². The third-order valence-corrected chi connectivity index (χ3v) is 4.97. The van der Waals surface area contributed by atoms with Crippen LogP contribution in [-0.4, -0.2) is 34.9 Å². The second kappa shape index (κ2) is 7.72. The number of ether oxygens (including phenoxy) is 2. The highest BCUT2D eigenvalue weighted by atomic mass is 16.5. The van der Waals surface area contributed by atoms with Gasteiger partial charge in [0.1, 0.15) is 5.75 Å². The Balaban J connectivity index is 1.60. The molecule has 0 radical (unpaired) electrons. The van der Waals surface area contributed by atoms with Gasteiger partial charge < -0.3 is 14.8 Å². The number of aromatic nitrogens is 3. The van der Waals surface area contributed by atoms with Gasteiger partial charge in [0.25, 0.3) is 0 Å². The molecule has 1 fully saturated rings. The van der Waals surface area contributed by atoms with Crippen molar-refractivity contribution in [2.24, 2.45) is 5.92 Å². The molecule has 3 aromatic rings. The summed E-state index contributed by atoms with van der Waals surface area (Å²) in [6.07, 6.45) is 3.10. The molecule has 0 spiro atoms. The van der Waals surface area contributed by atoms with E-state index in [2.05, 4.69) is 15.4 Å². The maximum Gasteiger partial charge on any atom is 0.336 e. The summed E-state index contributed by atoms with van der Waals surface area (Å²) in [5.74, 6) is 1.68. The van der Waals surface area contributed by atoms with Crippen LogP contribution >= 0.6 is 0 Å². The van der Waals surface area contributed by atoms with Crippen molar-refractivity contribution in [1.82, 2.24) is 14.8 Å². The minimum absolute atomic E-state index is 0.0975. The summed E-state index contributed by atoms with van der Waals surface area (Å²) >= 11 is 0. The van der Waals surface area contributed by atoms with E-state index in [4.69, 9.17) is 9.47 Å². The Labute approximate surface area is 163 Å². The molecule has 1 aromatic heterocycles. The number of hydrogen-bond donors (Lipinski definition) is 1. The number of rotatable bonds is 6. The van der Waals surface area contributed by atoms with E-state index in [0.29, 0.717) is 5.82 Å². The van der Waals surface area contributed by atoms with E-state index < -0.39 is 0 Å². The minimum atomic E-state index is 0.0975. The first-order valence-electron chi connectivity index (χ1n) is 9.24. The zero-order valence-electron chi connectivity index (χ0n) is 15.9. The van der Waals surface area contributed by atoms with Crippen LogP contribution in [0, 0.1) is 5.92 Å². The van der Waals surface area contributed by atoms with Gasteiger partial charge in [-0.1, -0.05) is 6.42 Å². The summed E-state index contributed by atoms with van der Waals surface area (Å²) in [7, 11) is 3.17. The molecular formula is C21H22N4O3. The van der Waals surface area contributed by atoms with Crippen LogP contribution in [0.2, 0.25) is 0 Å². The molecule has 1 saturated carbocycles. The molecule has 1 aliphatic carbocycles. The molecule has 7 heteroatoms. The molecule has 4 rings (SSSR count). The molecule has 0 atom stereocenters. The Morgan fingerprint density at radius 1 is 1.04 bits per heavy atom. The van der Waals surface area contributed by atoms with Crippen molar-refractivity contribution in [2.75, 3.05) is 19.5 Å². The van der Waals surface area contributed by atoms with Crippen LogP contribution in [0.15, 0.2) is 48.5 Å². The standard InChI is InChI=1S/C21H22N4O3/c1-27-18-12-6-14(7-13-18)19-23-21(28-2)24-25(19)17-10-8-16(9-11-17)22-20(26)15-4-3-5-15/h6-13,15H,3-5H2,1-2H3,(H,22,26). The molecule has 1 heterocycles. The average Bonchev–Trinajstić information content (AvgIpc) is 3.12. The number of anilines is 1. The molecule has 1 amide bonds. The van der Waals surface area contributed by atoms with Crippen molar-refractivity contribution < 1.29 is 14.3 Å². The second-order valence-corrected chi connectivity index (χ2v) is 6.73. The smallest absolute Gasteiger partial charge is 0.336 e. The van der Waals surface area contributed by atoms with Crippen LogP contribution in [0.5, 0.6) is 11.8 Å². The highest BCUT2D eigenvalue weighted by Gasteiger charge is 2.25. The first kappa shape index (κ1) is 18.0. The quantitative estimate of drug-likeness (QED) is 0.708. The number of hydrogen-bond acceptors (Lipinski definition) is 5. The maximum atomic E-state index is 12.1. The lowest BCUT2D eigenvalue weighted by molar-refractivity contribution is -0.122. The normalized spacial score (nSPS) is 13.6. The van der Waals surface area contributed by atoms with Gasteiger partial charge in [-0.25, -0.2) is 4.68 Å². The fourth-order valence-electron chi connectivity index (χ4n) is 3.09. The van der Waals surface area contributed by atoms with Gasteiger partial charge in [-0.3, -0.25) is 4.79 Å². The first-order chi connectivity index (χ1) is 13.7. The molecule has 1 aliphatic rings. The topological polar surface area (TPSA) is 78.3 Å². The number of nitrogens with zero attached hydrogens (tertiary/aromatic N) is 3. The highest BCUT2D eigenvalue weighted by molar-refractivity contribution is 5.93. The summed E-state index contributed by atoms with van der Waals surface area (Å²) in [6, 6.07) is 15.4. The van der Waals surface area contributed by atoms with E-state index in [9.17, 15) is 4.79 Å². The summed E-state index contributed by atoms with van der Waals surface area (Å²) in [4.78, 5) is 16.6. The van der Waals surface area contributed by atoms with Gasteiger partial charge in [0.15, 0.2) is 5.82 Å². The van der Waals surface area contributed by atoms with E-state index >= 15 is 0 Å². The maximum absolute atomic E-state index is 12.1. The number of carbonyl (C=O) groups is 1. The zero-order chi connectivity index (χ0) is 19.5. The van der Waals surface area contributed by atoms with Crippen molar-refractivity contribution in [2.45, 2.75) is 19.3 Å². The predicted octanol–water partition coefficient (Wildman–Crippen LogP) is 3.69. The fourth-order valence-corrected chi connectivity index (χ4v) is 3.09. The lowest BCUT2D eigenvalue weighted by Gasteiger charge is -2.24. The van der Waals surface area contributed by atoms with Crippen LogP contribution in [0.3, 0.4) is 0 Å². The summed E-state index contributed by atoms with van der Waals surface area (Å²) in [6.45, 7) is 0. The number of carbonyl (C=O) groups excluding carboxylic acids is 1. The van der Waals surface area contributed by atoms with Gasteiger partial charge in [0.05, 0.1) is 19.9 Å². The Bertz CT molecular complexity index is 960. The van der Waals surface area contributed by atoms with Gasteiger partial charge in [-0.05, 0) is 61.4 Å². The third-order valence-electron chi connectivity index (χ3n) is 4.97. The van der Waals surface area contributed by atoms with E-state index in [1.807, 2.05) is 48.5 Å². The van der Waals surface area contributed by atoms with Crippen LogP contribution in [-0.2, 0) is 4.79 Å². The third kappa shape index (κ3) is 3.55. The summed E-state index contributed by atoms with van der Waals surface area (Å²) in [5.41, 5.74) is 2.49. The molecule has 28 heavy (non-hydrogen) atoms. The minimum Gasteiger partial charge on any atom is -0.497 e. The molecular weight excluding hydrogens is 356 g/mol. The monoisotopic (exact) mass is 378 g/mol. The van der Waals surface area contributed by atoms with Crippen LogP contribution in [0.1, 0.15) is 19.3 Å². The lowest BCUT2D eigenvalue weighted by atomic mass is 9.85. The van der Waals surface area contributed by atoms with Gasteiger partial charge >= 0.3 is 6.01 Å². The predicted molar refractivity (Wildman–Crippen MR) is 106 cm³/mol. The lowest BCUT2D eigenvalue weighted by Crippen LogP contribution is -2.27. The van der Waals surface area contributed by atoms with Crippen LogP contribution in [0.4, 0.5) is 5.69 Å². The number of methoxy groups -OCH3 is 2. The molecule has 0 bridgehead atoms. The van der Waals surface area contributed by atoms with E-state index in [1.54, 1.807) is 11.8 Å². The van der Waals surface area contributed by atoms with Crippen LogP contribution in [0.25, 0.3) is 17.1 Å². The molecule has 2 aromatic carbocycles. The van der Waals surface area contributed by atoms with Crippen molar-refractivity contribution in [3.05, 3.63) is 48.5 Å². The average molecular weight is 378 g/mol. The molecule has 144 valence electrons. The Hall–Kier alpha value is -3.35. The number of nitrogens with one attached hydrogen (secondary N) is 1. The number of amides is 1. The largest absolute Gasteiger partial charge is 0.497 e. The van der Waals surface area contributed by atoms with Gasteiger partial charge in [-0.2, -0.15) is 4.98 Å².